The van der Waals surface area contributed by atoms with E-state index in [1.165, 1.54) is 5.56 Å². The van der Waals surface area contributed by atoms with Gasteiger partial charge in [-0.3, -0.25) is 5.10 Å². The first-order valence-electron chi connectivity index (χ1n) is 7.51. The van der Waals surface area contributed by atoms with Crippen molar-refractivity contribution in [3.05, 3.63) is 35.7 Å². The summed E-state index contributed by atoms with van der Waals surface area (Å²) in [6.07, 6.45) is 1.12. The Morgan fingerprint density at radius 2 is 2.14 bits per heavy atom. The van der Waals surface area contributed by atoms with Gasteiger partial charge >= 0.3 is 0 Å². The SMILES string of the molecule is c1ccc2c(c1)OCC2c1nc(N2CCCNCC2)n[nH]1. The number of anilines is 1. The predicted octanol–water partition coefficient (Wildman–Crippen LogP) is 1.13. The van der Waals surface area contributed by atoms with E-state index < -0.39 is 0 Å². The highest BCUT2D eigenvalue weighted by Crippen LogP contribution is 2.36. The van der Waals surface area contributed by atoms with Gasteiger partial charge in [-0.05, 0) is 19.0 Å². The molecule has 110 valence electrons. The lowest BCUT2D eigenvalue weighted by atomic mass is 10.0. The summed E-state index contributed by atoms with van der Waals surface area (Å²) in [6.45, 7) is 4.64. The number of H-pyrrole nitrogens is 1. The second-order valence-corrected chi connectivity index (χ2v) is 5.51. The standard InChI is InChI=1S/C15H19N5O/c1-2-5-13-11(4-1)12(10-21-13)14-17-15(19-18-14)20-8-3-6-16-7-9-20/h1-2,4-5,12,16H,3,6-10H2,(H,17,18,19). The number of aromatic amines is 1. The highest BCUT2D eigenvalue weighted by atomic mass is 16.5. The van der Waals surface area contributed by atoms with Crippen molar-refractivity contribution in [2.75, 3.05) is 37.7 Å². The van der Waals surface area contributed by atoms with Gasteiger partial charge in [0.1, 0.15) is 18.2 Å². The lowest BCUT2D eigenvalue weighted by molar-refractivity contribution is 0.340. The number of rotatable bonds is 2. The Morgan fingerprint density at radius 3 is 3.14 bits per heavy atom. The molecule has 1 aromatic carbocycles. The fraction of sp³-hybridized carbons (Fsp3) is 0.467. The van der Waals surface area contributed by atoms with E-state index in [1.807, 2.05) is 18.2 Å². The van der Waals surface area contributed by atoms with Crippen molar-refractivity contribution < 1.29 is 4.74 Å². The summed E-state index contributed by atoms with van der Waals surface area (Å²) >= 11 is 0. The monoisotopic (exact) mass is 285 g/mol. The van der Waals surface area contributed by atoms with Crippen LogP contribution in [0.2, 0.25) is 0 Å². The Morgan fingerprint density at radius 1 is 1.19 bits per heavy atom. The third-order valence-corrected chi connectivity index (χ3v) is 4.14. The average molecular weight is 285 g/mol. The Hall–Kier alpha value is -2.08. The molecule has 0 aliphatic carbocycles. The maximum Gasteiger partial charge on any atom is 0.244 e. The van der Waals surface area contributed by atoms with Crippen molar-refractivity contribution in [3.63, 3.8) is 0 Å². The Kier molecular flexibility index (Phi) is 3.23. The van der Waals surface area contributed by atoms with Crippen LogP contribution in [0.4, 0.5) is 5.95 Å². The van der Waals surface area contributed by atoms with E-state index in [1.54, 1.807) is 0 Å². The van der Waals surface area contributed by atoms with Crippen LogP contribution >= 0.6 is 0 Å². The number of hydrogen-bond donors (Lipinski definition) is 2. The van der Waals surface area contributed by atoms with Crippen LogP contribution in [0.3, 0.4) is 0 Å². The molecule has 1 aromatic heterocycles. The number of ether oxygens (including phenoxy) is 1. The number of para-hydroxylation sites is 1. The van der Waals surface area contributed by atoms with Crippen LogP contribution in [0.5, 0.6) is 5.75 Å². The van der Waals surface area contributed by atoms with Crippen molar-refractivity contribution >= 4 is 5.95 Å². The molecule has 1 atom stereocenters. The average Bonchev–Trinajstić information content (AvgIpc) is 3.07. The van der Waals surface area contributed by atoms with Crippen molar-refractivity contribution in [1.29, 1.82) is 0 Å². The lowest BCUT2D eigenvalue weighted by Crippen LogP contribution is -2.28. The fourth-order valence-corrected chi connectivity index (χ4v) is 3.00. The van der Waals surface area contributed by atoms with E-state index in [9.17, 15) is 0 Å². The molecule has 1 fully saturated rings. The van der Waals surface area contributed by atoms with Crippen LogP contribution in [-0.4, -0.2) is 48.0 Å². The summed E-state index contributed by atoms with van der Waals surface area (Å²) in [5, 5.41) is 10.9. The summed E-state index contributed by atoms with van der Waals surface area (Å²) in [5.41, 5.74) is 1.19. The van der Waals surface area contributed by atoms with Gasteiger partial charge in [-0.15, -0.1) is 5.10 Å². The summed E-state index contributed by atoms with van der Waals surface area (Å²) in [4.78, 5) is 6.95. The molecule has 6 nitrogen and oxygen atoms in total. The maximum absolute atomic E-state index is 5.73. The van der Waals surface area contributed by atoms with Crippen LogP contribution in [0.25, 0.3) is 0 Å². The van der Waals surface area contributed by atoms with E-state index >= 15 is 0 Å². The molecular weight excluding hydrogens is 266 g/mol. The van der Waals surface area contributed by atoms with Crippen LogP contribution < -0.4 is 15.0 Å². The third-order valence-electron chi connectivity index (χ3n) is 4.14. The first-order chi connectivity index (χ1) is 10.4. The van der Waals surface area contributed by atoms with Gasteiger partial charge in [-0.25, -0.2) is 0 Å². The quantitative estimate of drug-likeness (QED) is 0.866. The van der Waals surface area contributed by atoms with Crippen molar-refractivity contribution in [3.8, 4) is 5.75 Å². The third kappa shape index (κ3) is 2.35. The van der Waals surface area contributed by atoms with Crippen LogP contribution in [-0.2, 0) is 0 Å². The highest BCUT2D eigenvalue weighted by Gasteiger charge is 2.28. The molecule has 2 aromatic rings. The summed E-state index contributed by atoms with van der Waals surface area (Å²) in [7, 11) is 0. The first-order valence-corrected chi connectivity index (χ1v) is 7.51. The molecule has 0 radical (unpaired) electrons. The molecule has 6 heteroatoms. The largest absolute Gasteiger partial charge is 0.492 e. The van der Waals surface area contributed by atoms with Gasteiger partial charge in [0.05, 0.1) is 5.92 Å². The molecule has 0 saturated carbocycles. The fourth-order valence-electron chi connectivity index (χ4n) is 3.00. The summed E-state index contributed by atoms with van der Waals surface area (Å²) in [5.74, 6) is 2.82. The number of benzene rings is 1. The van der Waals surface area contributed by atoms with Gasteiger partial charge in [0.25, 0.3) is 0 Å². The number of nitrogens with one attached hydrogen (secondary N) is 2. The van der Waals surface area contributed by atoms with E-state index in [0.717, 1.165) is 50.1 Å². The molecule has 21 heavy (non-hydrogen) atoms. The minimum Gasteiger partial charge on any atom is -0.492 e. The number of aromatic nitrogens is 3. The molecule has 0 spiro atoms. The smallest absolute Gasteiger partial charge is 0.244 e. The Bertz CT molecular complexity index is 618. The molecule has 0 amide bonds. The minimum absolute atomic E-state index is 0.160. The highest BCUT2D eigenvalue weighted by molar-refractivity contribution is 5.43. The van der Waals surface area contributed by atoms with Gasteiger partial charge in [0.2, 0.25) is 5.95 Å². The van der Waals surface area contributed by atoms with E-state index in [0.29, 0.717) is 6.61 Å². The second kappa shape index (κ2) is 5.37. The van der Waals surface area contributed by atoms with E-state index in [4.69, 9.17) is 9.72 Å². The van der Waals surface area contributed by atoms with E-state index in [2.05, 4.69) is 26.5 Å². The van der Waals surface area contributed by atoms with Crippen molar-refractivity contribution in [1.82, 2.24) is 20.5 Å². The molecule has 1 unspecified atom stereocenters. The molecular formula is C15H19N5O. The molecule has 4 rings (SSSR count). The summed E-state index contributed by atoms with van der Waals surface area (Å²) < 4.78 is 5.73. The maximum atomic E-state index is 5.73. The zero-order valence-electron chi connectivity index (χ0n) is 11.9. The van der Waals surface area contributed by atoms with Gasteiger partial charge in [0.15, 0.2) is 0 Å². The molecule has 0 bridgehead atoms. The molecule has 2 aliphatic heterocycles. The molecule has 2 aliphatic rings. The predicted molar refractivity (Wildman–Crippen MR) is 79.9 cm³/mol. The van der Waals surface area contributed by atoms with Gasteiger partial charge < -0.3 is 15.0 Å². The minimum atomic E-state index is 0.160. The Balaban J connectivity index is 1.57. The van der Waals surface area contributed by atoms with E-state index in [-0.39, 0.29) is 5.92 Å². The number of fused-ring (bicyclic) bond motifs is 1. The second-order valence-electron chi connectivity index (χ2n) is 5.51. The van der Waals surface area contributed by atoms with Gasteiger partial charge in [-0.1, -0.05) is 18.2 Å². The number of hydrogen-bond acceptors (Lipinski definition) is 5. The van der Waals surface area contributed by atoms with Crippen molar-refractivity contribution in [2.24, 2.45) is 0 Å². The molecule has 3 heterocycles. The Labute approximate surface area is 123 Å². The topological polar surface area (TPSA) is 66.1 Å². The van der Waals surface area contributed by atoms with Crippen molar-refractivity contribution in [2.45, 2.75) is 12.3 Å². The zero-order valence-corrected chi connectivity index (χ0v) is 11.9. The van der Waals surface area contributed by atoms with Gasteiger partial charge in [0, 0.05) is 25.2 Å². The first kappa shape index (κ1) is 12.6. The van der Waals surface area contributed by atoms with Gasteiger partial charge in [-0.2, -0.15) is 4.98 Å². The lowest BCUT2D eigenvalue weighted by Gasteiger charge is -2.17. The summed E-state index contributed by atoms with van der Waals surface area (Å²) in [6, 6.07) is 8.15. The molecule has 2 N–H and O–H groups in total. The van der Waals surface area contributed by atoms with Crippen LogP contribution in [0.1, 0.15) is 23.7 Å². The zero-order chi connectivity index (χ0) is 14.1. The number of nitrogens with zero attached hydrogens (tertiary/aromatic N) is 3. The normalized spacial score (nSPS) is 21.7. The van der Waals surface area contributed by atoms with Crippen LogP contribution in [0, 0.1) is 0 Å². The van der Waals surface area contributed by atoms with Crippen LogP contribution in [0.15, 0.2) is 24.3 Å². The molecule has 1 saturated heterocycles.